The van der Waals surface area contributed by atoms with E-state index in [9.17, 15) is 0 Å². The molecular formula is C12H18N4. The Labute approximate surface area is 95.5 Å². The van der Waals surface area contributed by atoms with Crippen LogP contribution >= 0.6 is 0 Å². The summed E-state index contributed by atoms with van der Waals surface area (Å²) in [6, 6.07) is 0.269. The van der Waals surface area contributed by atoms with Gasteiger partial charge in [0.25, 0.3) is 0 Å². The number of hydrogen-bond acceptors (Lipinski definition) is 3. The zero-order chi connectivity index (χ0) is 11.0. The second kappa shape index (κ2) is 4.01. The van der Waals surface area contributed by atoms with Crippen molar-refractivity contribution >= 4 is 0 Å². The number of aromatic amines is 1. The summed E-state index contributed by atoms with van der Waals surface area (Å²) < 4.78 is 0. The Balaban J connectivity index is 1.52. The molecule has 4 atom stereocenters. The van der Waals surface area contributed by atoms with E-state index in [2.05, 4.69) is 39.6 Å². The summed E-state index contributed by atoms with van der Waals surface area (Å²) in [5.41, 5.74) is 0. The van der Waals surface area contributed by atoms with Crippen LogP contribution in [0.4, 0.5) is 0 Å². The molecule has 2 N–H and O–H groups in total. The van der Waals surface area contributed by atoms with Crippen molar-refractivity contribution in [3.63, 3.8) is 0 Å². The number of H-pyrrole nitrogens is 1. The van der Waals surface area contributed by atoms with Crippen LogP contribution in [0.3, 0.4) is 0 Å². The summed E-state index contributed by atoms with van der Waals surface area (Å²) in [6.07, 6.45) is 9.09. The van der Waals surface area contributed by atoms with Crippen LogP contribution in [-0.2, 0) is 0 Å². The topological polar surface area (TPSA) is 53.6 Å². The predicted octanol–water partition coefficient (Wildman–Crippen LogP) is 1.67. The van der Waals surface area contributed by atoms with Gasteiger partial charge in [0.05, 0.1) is 6.04 Å². The molecule has 1 saturated carbocycles. The Morgan fingerprint density at radius 3 is 3.06 bits per heavy atom. The Kier molecular flexibility index (Phi) is 2.52. The second-order valence-electron chi connectivity index (χ2n) is 5.04. The van der Waals surface area contributed by atoms with Gasteiger partial charge in [0.2, 0.25) is 0 Å². The Bertz CT molecular complexity index is 370. The molecule has 1 aromatic rings. The van der Waals surface area contributed by atoms with Crippen molar-refractivity contribution in [3.05, 3.63) is 24.3 Å². The number of allylic oxidation sites excluding steroid dienone is 2. The maximum absolute atomic E-state index is 4.17. The van der Waals surface area contributed by atoms with Gasteiger partial charge in [-0.1, -0.05) is 12.2 Å². The van der Waals surface area contributed by atoms with Crippen LogP contribution in [0.25, 0.3) is 0 Å². The quantitative estimate of drug-likeness (QED) is 0.756. The third-order valence-electron chi connectivity index (χ3n) is 3.95. The van der Waals surface area contributed by atoms with E-state index in [1.807, 2.05) is 0 Å². The van der Waals surface area contributed by atoms with Gasteiger partial charge in [-0.05, 0) is 44.1 Å². The minimum Gasteiger partial charge on any atom is -0.307 e. The highest BCUT2D eigenvalue weighted by Crippen LogP contribution is 2.43. The van der Waals surface area contributed by atoms with Crippen LogP contribution in [0, 0.1) is 17.8 Å². The highest BCUT2D eigenvalue weighted by atomic mass is 15.2. The minimum absolute atomic E-state index is 0.269. The molecule has 0 saturated heterocycles. The van der Waals surface area contributed by atoms with E-state index in [4.69, 9.17) is 0 Å². The number of aromatic nitrogens is 3. The molecule has 86 valence electrons. The molecule has 2 aliphatic carbocycles. The van der Waals surface area contributed by atoms with Crippen molar-refractivity contribution in [1.82, 2.24) is 20.5 Å². The molecule has 4 heteroatoms. The summed E-state index contributed by atoms with van der Waals surface area (Å²) >= 11 is 0. The Morgan fingerprint density at radius 1 is 1.50 bits per heavy atom. The predicted molar refractivity (Wildman–Crippen MR) is 61.6 cm³/mol. The van der Waals surface area contributed by atoms with E-state index in [0.717, 1.165) is 30.1 Å². The molecule has 1 heterocycles. The normalized spacial score (nSPS) is 33.4. The number of nitrogens with zero attached hydrogens (tertiary/aromatic N) is 2. The van der Waals surface area contributed by atoms with E-state index < -0.39 is 0 Å². The van der Waals surface area contributed by atoms with Crippen LogP contribution < -0.4 is 5.32 Å². The molecule has 0 amide bonds. The molecule has 3 rings (SSSR count). The van der Waals surface area contributed by atoms with Gasteiger partial charge in [0.15, 0.2) is 0 Å². The van der Waals surface area contributed by atoms with Crippen LogP contribution in [-0.4, -0.2) is 21.7 Å². The zero-order valence-electron chi connectivity index (χ0n) is 9.56. The first kappa shape index (κ1) is 10.0. The van der Waals surface area contributed by atoms with Gasteiger partial charge in [-0.15, -0.1) is 0 Å². The van der Waals surface area contributed by atoms with Crippen molar-refractivity contribution in [2.45, 2.75) is 25.8 Å². The highest BCUT2D eigenvalue weighted by molar-refractivity contribution is 5.10. The fraction of sp³-hybridized carbons (Fsp3) is 0.667. The molecule has 16 heavy (non-hydrogen) atoms. The lowest BCUT2D eigenvalue weighted by Crippen LogP contribution is -2.28. The largest absolute Gasteiger partial charge is 0.307 e. The van der Waals surface area contributed by atoms with Crippen molar-refractivity contribution in [3.8, 4) is 0 Å². The van der Waals surface area contributed by atoms with Crippen molar-refractivity contribution in [2.24, 2.45) is 17.8 Å². The first-order valence-electron chi connectivity index (χ1n) is 6.10. The van der Waals surface area contributed by atoms with E-state index in [1.165, 1.54) is 12.8 Å². The molecule has 0 radical (unpaired) electrons. The first-order valence-corrected chi connectivity index (χ1v) is 6.10. The molecule has 0 aromatic carbocycles. The number of hydrogen-bond donors (Lipinski definition) is 2. The molecule has 4 nitrogen and oxygen atoms in total. The third-order valence-corrected chi connectivity index (χ3v) is 3.95. The van der Waals surface area contributed by atoms with Gasteiger partial charge < -0.3 is 5.32 Å². The molecule has 1 fully saturated rings. The van der Waals surface area contributed by atoms with E-state index in [0.29, 0.717) is 0 Å². The molecular weight excluding hydrogens is 200 g/mol. The second-order valence-corrected chi connectivity index (χ2v) is 5.04. The summed E-state index contributed by atoms with van der Waals surface area (Å²) in [5, 5.41) is 10.3. The molecule has 2 bridgehead atoms. The van der Waals surface area contributed by atoms with Crippen LogP contribution in [0.5, 0.6) is 0 Å². The first-order chi connectivity index (χ1) is 7.83. The summed E-state index contributed by atoms with van der Waals surface area (Å²) in [4.78, 5) is 4.17. The van der Waals surface area contributed by atoms with Gasteiger partial charge >= 0.3 is 0 Å². The Hall–Kier alpha value is -1.16. The fourth-order valence-corrected chi connectivity index (χ4v) is 2.98. The number of rotatable bonds is 4. The fourth-order valence-electron chi connectivity index (χ4n) is 2.98. The van der Waals surface area contributed by atoms with Gasteiger partial charge in [0, 0.05) is 0 Å². The van der Waals surface area contributed by atoms with E-state index in [-0.39, 0.29) is 6.04 Å². The van der Waals surface area contributed by atoms with Crippen molar-refractivity contribution in [1.29, 1.82) is 0 Å². The lowest BCUT2D eigenvalue weighted by Gasteiger charge is -2.20. The molecule has 2 aliphatic rings. The zero-order valence-corrected chi connectivity index (χ0v) is 9.56. The lowest BCUT2D eigenvalue weighted by atomic mass is 9.93. The van der Waals surface area contributed by atoms with Crippen molar-refractivity contribution < 1.29 is 0 Å². The van der Waals surface area contributed by atoms with Crippen LogP contribution in [0.1, 0.15) is 31.6 Å². The molecule has 0 aliphatic heterocycles. The van der Waals surface area contributed by atoms with E-state index in [1.54, 1.807) is 6.33 Å². The number of nitrogens with one attached hydrogen (secondary N) is 2. The van der Waals surface area contributed by atoms with E-state index >= 15 is 0 Å². The smallest absolute Gasteiger partial charge is 0.141 e. The number of fused-ring (bicyclic) bond motifs is 2. The summed E-state index contributed by atoms with van der Waals surface area (Å²) in [7, 11) is 0. The average molecular weight is 218 g/mol. The van der Waals surface area contributed by atoms with Crippen molar-refractivity contribution in [2.75, 3.05) is 6.54 Å². The van der Waals surface area contributed by atoms with Crippen LogP contribution in [0.2, 0.25) is 0 Å². The average Bonchev–Trinajstić information content (AvgIpc) is 3.01. The lowest BCUT2D eigenvalue weighted by molar-refractivity contribution is 0.388. The molecule has 4 unspecified atom stereocenters. The summed E-state index contributed by atoms with van der Waals surface area (Å²) in [6.45, 7) is 3.22. The Morgan fingerprint density at radius 2 is 2.44 bits per heavy atom. The van der Waals surface area contributed by atoms with Crippen LogP contribution in [0.15, 0.2) is 18.5 Å². The minimum atomic E-state index is 0.269. The van der Waals surface area contributed by atoms with Gasteiger partial charge in [-0.2, -0.15) is 5.10 Å². The summed E-state index contributed by atoms with van der Waals surface area (Å²) in [5.74, 6) is 3.43. The molecule has 0 spiro atoms. The monoisotopic (exact) mass is 218 g/mol. The maximum Gasteiger partial charge on any atom is 0.141 e. The van der Waals surface area contributed by atoms with Gasteiger partial charge in [0.1, 0.15) is 12.2 Å². The maximum atomic E-state index is 4.17. The SMILES string of the molecule is CC(NCC1CC2C=CC1C2)c1ncn[nH]1. The molecule has 1 aromatic heterocycles. The van der Waals surface area contributed by atoms with Gasteiger partial charge in [-0.3, -0.25) is 5.10 Å². The highest BCUT2D eigenvalue weighted by Gasteiger charge is 2.35. The van der Waals surface area contributed by atoms with Gasteiger partial charge in [-0.25, -0.2) is 4.98 Å². The third kappa shape index (κ3) is 1.78. The standard InChI is InChI=1S/C12H18N4/c1-8(12-14-7-15-16-12)13-6-11-5-9-2-3-10(11)4-9/h2-3,7-11,13H,4-6H2,1H3,(H,14,15,16).